The molecule has 2 amide bonds. The number of thioether (sulfide) groups is 1. The molecular formula is C13H22N2O3S. The lowest BCUT2D eigenvalue weighted by atomic mass is 10.2. The summed E-state index contributed by atoms with van der Waals surface area (Å²) >= 11 is 1.71. The Morgan fingerprint density at radius 1 is 1.53 bits per heavy atom. The second-order valence-corrected chi connectivity index (χ2v) is 6.84. The van der Waals surface area contributed by atoms with Crippen molar-refractivity contribution in [3.63, 3.8) is 0 Å². The van der Waals surface area contributed by atoms with Gasteiger partial charge in [0.05, 0.1) is 4.87 Å². The molecule has 2 rings (SSSR count). The highest BCUT2D eigenvalue weighted by Crippen LogP contribution is 2.47. The predicted molar refractivity (Wildman–Crippen MR) is 74.7 cm³/mol. The molecule has 2 fully saturated rings. The van der Waals surface area contributed by atoms with Crippen molar-refractivity contribution in [1.29, 1.82) is 0 Å². The zero-order valence-electron chi connectivity index (χ0n) is 11.4. The zero-order valence-corrected chi connectivity index (χ0v) is 12.2. The first-order valence-corrected chi connectivity index (χ1v) is 7.92. The standard InChI is InChI=1S/C13H22N2O3S/c1-13-6-5-11(17)15(13)10(9-19-13)12(18)14-7-3-2-4-8-16/h10,16H,2-9H2,1H3,(H,14,18). The normalized spacial score (nSPS) is 29.7. The molecule has 0 aromatic carbocycles. The van der Waals surface area contributed by atoms with E-state index in [-0.39, 0.29) is 29.3 Å². The average molecular weight is 286 g/mol. The van der Waals surface area contributed by atoms with Crippen LogP contribution in [0.25, 0.3) is 0 Å². The summed E-state index contributed by atoms with van der Waals surface area (Å²) in [6.45, 7) is 2.88. The molecule has 6 heteroatoms. The lowest BCUT2D eigenvalue weighted by Gasteiger charge is -2.29. The van der Waals surface area contributed by atoms with E-state index in [9.17, 15) is 9.59 Å². The zero-order chi connectivity index (χ0) is 13.9. The largest absolute Gasteiger partial charge is 0.396 e. The van der Waals surface area contributed by atoms with Crippen LogP contribution >= 0.6 is 11.8 Å². The monoisotopic (exact) mass is 286 g/mol. The highest BCUT2D eigenvalue weighted by molar-refractivity contribution is 8.01. The summed E-state index contributed by atoms with van der Waals surface area (Å²) in [6.07, 6.45) is 3.96. The third kappa shape index (κ3) is 3.05. The van der Waals surface area contributed by atoms with Crippen LogP contribution in [0.2, 0.25) is 0 Å². The van der Waals surface area contributed by atoms with E-state index in [2.05, 4.69) is 12.2 Å². The minimum absolute atomic E-state index is 0.0320. The van der Waals surface area contributed by atoms with Crippen LogP contribution in [0.15, 0.2) is 0 Å². The molecule has 2 atom stereocenters. The number of hydrogen-bond donors (Lipinski definition) is 2. The molecule has 0 radical (unpaired) electrons. The van der Waals surface area contributed by atoms with Crippen molar-refractivity contribution >= 4 is 23.6 Å². The van der Waals surface area contributed by atoms with Crippen molar-refractivity contribution in [3.05, 3.63) is 0 Å². The molecule has 0 aromatic heterocycles. The molecule has 2 saturated heterocycles. The van der Waals surface area contributed by atoms with Gasteiger partial charge in [0.25, 0.3) is 0 Å². The van der Waals surface area contributed by atoms with E-state index in [1.54, 1.807) is 16.7 Å². The molecule has 2 unspecified atom stereocenters. The Kier molecular flexibility index (Phi) is 4.73. The molecule has 0 bridgehead atoms. The Hall–Kier alpha value is -0.750. The van der Waals surface area contributed by atoms with Crippen molar-refractivity contribution in [2.45, 2.75) is 49.9 Å². The highest BCUT2D eigenvalue weighted by Gasteiger charge is 2.52. The maximum Gasteiger partial charge on any atom is 0.243 e. The first kappa shape index (κ1) is 14.7. The fraction of sp³-hybridized carbons (Fsp3) is 0.846. The van der Waals surface area contributed by atoms with Crippen molar-refractivity contribution in [2.75, 3.05) is 18.9 Å². The van der Waals surface area contributed by atoms with E-state index in [0.29, 0.717) is 18.7 Å². The van der Waals surface area contributed by atoms with Crippen LogP contribution in [-0.4, -0.2) is 51.6 Å². The fourth-order valence-corrected chi connectivity index (χ4v) is 4.19. The van der Waals surface area contributed by atoms with E-state index < -0.39 is 0 Å². The minimum atomic E-state index is -0.303. The van der Waals surface area contributed by atoms with Crippen LogP contribution in [0.5, 0.6) is 0 Å². The first-order valence-electron chi connectivity index (χ1n) is 6.93. The SMILES string of the molecule is CC12CCC(=O)N1C(C(=O)NCCCCCO)CS2. The van der Waals surface area contributed by atoms with Gasteiger partial charge in [0.15, 0.2) is 0 Å². The molecule has 0 spiro atoms. The number of hydrogen-bond acceptors (Lipinski definition) is 4. The van der Waals surface area contributed by atoms with Crippen molar-refractivity contribution in [2.24, 2.45) is 0 Å². The molecule has 0 saturated carbocycles. The van der Waals surface area contributed by atoms with Crippen LogP contribution in [0.1, 0.15) is 39.0 Å². The minimum Gasteiger partial charge on any atom is -0.396 e. The Labute approximate surface area is 118 Å². The number of aliphatic hydroxyl groups excluding tert-OH is 1. The topological polar surface area (TPSA) is 69.6 Å². The van der Waals surface area contributed by atoms with Gasteiger partial charge >= 0.3 is 0 Å². The van der Waals surface area contributed by atoms with Crippen LogP contribution in [0, 0.1) is 0 Å². The molecule has 2 N–H and O–H groups in total. The van der Waals surface area contributed by atoms with Crippen LogP contribution in [0.4, 0.5) is 0 Å². The molecule has 0 aromatic rings. The van der Waals surface area contributed by atoms with Crippen molar-refractivity contribution in [1.82, 2.24) is 10.2 Å². The van der Waals surface area contributed by atoms with Gasteiger partial charge < -0.3 is 15.3 Å². The van der Waals surface area contributed by atoms with Gasteiger partial charge in [-0.25, -0.2) is 0 Å². The molecule has 19 heavy (non-hydrogen) atoms. The van der Waals surface area contributed by atoms with Gasteiger partial charge in [-0.15, -0.1) is 11.8 Å². The number of nitrogens with one attached hydrogen (secondary N) is 1. The molecule has 108 valence electrons. The van der Waals surface area contributed by atoms with Crippen molar-refractivity contribution < 1.29 is 14.7 Å². The molecule has 2 aliphatic rings. The average Bonchev–Trinajstić information content (AvgIpc) is 2.87. The third-order valence-electron chi connectivity index (χ3n) is 3.88. The number of rotatable bonds is 6. The Morgan fingerprint density at radius 2 is 2.32 bits per heavy atom. The van der Waals surface area contributed by atoms with E-state index >= 15 is 0 Å². The fourth-order valence-electron chi connectivity index (χ4n) is 2.76. The van der Waals surface area contributed by atoms with Gasteiger partial charge in [0, 0.05) is 25.3 Å². The summed E-state index contributed by atoms with van der Waals surface area (Å²) in [5, 5.41) is 11.6. The van der Waals surface area contributed by atoms with E-state index in [4.69, 9.17) is 5.11 Å². The Morgan fingerprint density at radius 3 is 3.05 bits per heavy atom. The van der Waals surface area contributed by atoms with Crippen LogP contribution in [-0.2, 0) is 9.59 Å². The number of carbonyl (C=O) groups excluding carboxylic acids is 2. The number of unbranched alkanes of at least 4 members (excludes halogenated alkanes) is 2. The van der Waals surface area contributed by atoms with E-state index in [1.165, 1.54) is 0 Å². The van der Waals surface area contributed by atoms with E-state index in [1.807, 2.05) is 0 Å². The van der Waals surface area contributed by atoms with Gasteiger partial charge in [-0.1, -0.05) is 0 Å². The lowest BCUT2D eigenvalue weighted by molar-refractivity contribution is -0.137. The van der Waals surface area contributed by atoms with Gasteiger partial charge in [-0.2, -0.15) is 0 Å². The quantitative estimate of drug-likeness (QED) is 0.706. The van der Waals surface area contributed by atoms with Crippen molar-refractivity contribution in [3.8, 4) is 0 Å². The maximum atomic E-state index is 12.1. The summed E-state index contributed by atoms with van der Waals surface area (Å²) < 4.78 is 0. The second-order valence-electron chi connectivity index (χ2n) is 5.34. The Balaban J connectivity index is 1.81. The summed E-state index contributed by atoms with van der Waals surface area (Å²) in [7, 11) is 0. The molecule has 0 aliphatic carbocycles. The molecule has 2 aliphatic heterocycles. The van der Waals surface area contributed by atoms with Gasteiger partial charge in [-0.3, -0.25) is 9.59 Å². The highest BCUT2D eigenvalue weighted by atomic mass is 32.2. The number of nitrogens with zero attached hydrogens (tertiary/aromatic N) is 1. The molecular weight excluding hydrogens is 264 g/mol. The smallest absolute Gasteiger partial charge is 0.243 e. The first-order chi connectivity index (χ1) is 9.08. The summed E-state index contributed by atoms with van der Waals surface area (Å²) in [6, 6.07) is -0.303. The second kappa shape index (κ2) is 6.13. The predicted octanol–water partition coefficient (Wildman–Crippen LogP) is 0.719. The van der Waals surface area contributed by atoms with E-state index in [0.717, 1.165) is 25.7 Å². The summed E-state index contributed by atoms with van der Waals surface area (Å²) in [4.78, 5) is 25.6. The Bertz CT molecular complexity index is 364. The van der Waals surface area contributed by atoms with Gasteiger partial charge in [-0.05, 0) is 32.6 Å². The third-order valence-corrected chi connectivity index (χ3v) is 5.39. The summed E-state index contributed by atoms with van der Waals surface area (Å²) in [5.74, 6) is 0.772. The number of amides is 2. The van der Waals surface area contributed by atoms with Gasteiger partial charge in [0.2, 0.25) is 11.8 Å². The lowest BCUT2D eigenvalue weighted by Crippen LogP contribution is -2.50. The molecule has 2 heterocycles. The van der Waals surface area contributed by atoms with Gasteiger partial charge in [0.1, 0.15) is 6.04 Å². The summed E-state index contributed by atoms with van der Waals surface area (Å²) in [5.41, 5.74) is 0. The van der Waals surface area contributed by atoms with Crippen LogP contribution < -0.4 is 5.32 Å². The molecule has 5 nitrogen and oxygen atoms in total. The maximum absolute atomic E-state index is 12.1. The number of carbonyl (C=O) groups is 2. The van der Waals surface area contributed by atoms with Crippen LogP contribution in [0.3, 0.4) is 0 Å². The number of aliphatic hydroxyl groups is 1. The number of fused-ring (bicyclic) bond motifs is 1.